The zero-order chi connectivity index (χ0) is 25.6. The Labute approximate surface area is 227 Å². The fourth-order valence-corrected chi connectivity index (χ4v) is 5.04. The molecule has 4 aromatic rings. The van der Waals surface area contributed by atoms with Crippen LogP contribution in [-0.2, 0) is 4.79 Å². The van der Waals surface area contributed by atoms with Crippen LogP contribution in [0.4, 0.5) is 11.4 Å². The fourth-order valence-electron chi connectivity index (χ4n) is 4.02. The molecule has 0 atom stereocenters. The zero-order valence-corrected chi connectivity index (χ0v) is 22.2. The van der Waals surface area contributed by atoms with Gasteiger partial charge in [-0.15, -0.1) is 10.2 Å². The molecule has 1 aliphatic rings. The molecule has 0 aliphatic carbocycles. The van der Waals surface area contributed by atoms with Gasteiger partial charge in [-0.05, 0) is 64.5 Å². The number of aromatic nitrogens is 2. The monoisotopic (exact) mass is 577 g/mol. The van der Waals surface area contributed by atoms with E-state index in [4.69, 9.17) is 4.42 Å². The van der Waals surface area contributed by atoms with E-state index >= 15 is 0 Å². The molecule has 1 aliphatic heterocycles. The molecule has 2 heterocycles. The van der Waals surface area contributed by atoms with Crippen molar-refractivity contribution in [1.29, 1.82) is 0 Å². The van der Waals surface area contributed by atoms with E-state index in [0.29, 0.717) is 35.5 Å². The summed E-state index contributed by atoms with van der Waals surface area (Å²) in [7, 11) is 0. The number of anilines is 2. The Morgan fingerprint density at radius 3 is 2.32 bits per heavy atom. The van der Waals surface area contributed by atoms with Crippen LogP contribution in [0, 0.1) is 0 Å². The lowest BCUT2D eigenvalue weighted by molar-refractivity contribution is -0.113. The number of rotatable bonds is 7. The third kappa shape index (κ3) is 6.20. The maximum atomic E-state index is 12.8. The van der Waals surface area contributed by atoms with Gasteiger partial charge in [-0.1, -0.05) is 42.1 Å². The number of carbonyl (C=O) groups excluding carboxylic acids is 2. The molecule has 5 rings (SSSR count). The number of halogens is 1. The molecule has 0 spiro atoms. The quantitative estimate of drug-likeness (QED) is 0.302. The molecular weight excluding hydrogens is 554 g/mol. The number of benzene rings is 3. The second-order valence-corrected chi connectivity index (χ2v) is 10.2. The standard InChI is InChI=1S/C27H24BrN5O3S/c28-23-9-5-4-8-22(23)26(35)33-16-14-32(15-17-33)21-12-10-20(11-13-21)29-24(34)18-37-27-31-30-25(36-27)19-6-2-1-3-7-19/h1-13H,14-18H2,(H,29,34). The Morgan fingerprint density at radius 2 is 1.59 bits per heavy atom. The van der Waals surface area contributed by atoms with Crippen LogP contribution < -0.4 is 10.2 Å². The minimum atomic E-state index is -0.156. The Balaban J connectivity index is 1.09. The maximum Gasteiger partial charge on any atom is 0.277 e. The minimum absolute atomic E-state index is 0.0416. The van der Waals surface area contributed by atoms with Gasteiger partial charge in [-0.25, -0.2) is 0 Å². The molecule has 188 valence electrons. The Kier molecular flexibility index (Phi) is 7.86. The lowest BCUT2D eigenvalue weighted by Crippen LogP contribution is -2.48. The highest BCUT2D eigenvalue weighted by Gasteiger charge is 2.23. The molecule has 37 heavy (non-hydrogen) atoms. The number of carbonyl (C=O) groups is 2. The average Bonchev–Trinajstić information content (AvgIpc) is 3.42. The van der Waals surface area contributed by atoms with Crippen molar-refractivity contribution in [3.8, 4) is 11.5 Å². The van der Waals surface area contributed by atoms with Crippen molar-refractivity contribution in [3.05, 3.63) is 88.9 Å². The van der Waals surface area contributed by atoms with Crippen molar-refractivity contribution in [2.45, 2.75) is 5.22 Å². The van der Waals surface area contributed by atoms with Gasteiger partial charge < -0.3 is 19.5 Å². The lowest BCUT2D eigenvalue weighted by atomic mass is 10.1. The number of piperazine rings is 1. The van der Waals surface area contributed by atoms with Gasteiger partial charge in [0.15, 0.2) is 0 Å². The lowest BCUT2D eigenvalue weighted by Gasteiger charge is -2.36. The largest absolute Gasteiger partial charge is 0.411 e. The summed E-state index contributed by atoms with van der Waals surface area (Å²) in [4.78, 5) is 29.4. The molecule has 2 amide bonds. The molecule has 1 fully saturated rings. The molecule has 0 radical (unpaired) electrons. The summed E-state index contributed by atoms with van der Waals surface area (Å²) in [5.74, 6) is 0.472. The molecule has 0 bridgehead atoms. The summed E-state index contributed by atoms with van der Waals surface area (Å²) in [6, 6.07) is 24.7. The first-order valence-electron chi connectivity index (χ1n) is 11.8. The van der Waals surface area contributed by atoms with Gasteiger partial charge in [0.25, 0.3) is 11.1 Å². The van der Waals surface area contributed by atoms with Crippen LogP contribution in [0.3, 0.4) is 0 Å². The van der Waals surface area contributed by atoms with Crippen molar-refractivity contribution in [1.82, 2.24) is 15.1 Å². The number of thioether (sulfide) groups is 1. The van der Waals surface area contributed by atoms with Crippen LogP contribution in [0.1, 0.15) is 10.4 Å². The third-order valence-electron chi connectivity index (χ3n) is 5.94. The maximum absolute atomic E-state index is 12.8. The molecule has 1 aromatic heterocycles. The van der Waals surface area contributed by atoms with Crippen molar-refractivity contribution < 1.29 is 14.0 Å². The van der Waals surface area contributed by atoms with Crippen LogP contribution in [0.2, 0.25) is 0 Å². The Hall–Kier alpha value is -3.63. The summed E-state index contributed by atoms with van der Waals surface area (Å²) in [6.07, 6.45) is 0. The summed E-state index contributed by atoms with van der Waals surface area (Å²) in [5, 5.41) is 11.3. The van der Waals surface area contributed by atoms with Gasteiger partial charge in [0.05, 0.1) is 11.3 Å². The van der Waals surface area contributed by atoms with Crippen LogP contribution in [0.5, 0.6) is 0 Å². The zero-order valence-electron chi connectivity index (χ0n) is 19.8. The highest BCUT2D eigenvalue weighted by atomic mass is 79.9. The molecule has 0 unspecified atom stereocenters. The van der Waals surface area contributed by atoms with E-state index in [1.54, 1.807) is 0 Å². The first-order chi connectivity index (χ1) is 18.1. The molecular formula is C27H24BrN5O3S. The van der Waals surface area contributed by atoms with Gasteiger partial charge in [0.1, 0.15) is 0 Å². The van der Waals surface area contributed by atoms with Crippen molar-refractivity contribution in [2.24, 2.45) is 0 Å². The normalized spacial score (nSPS) is 13.4. The van der Waals surface area contributed by atoms with Gasteiger partial charge in [0, 0.05) is 47.6 Å². The first-order valence-corrected chi connectivity index (χ1v) is 13.5. The predicted molar refractivity (Wildman–Crippen MR) is 148 cm³/mol. The first kappa shape index (κ1) is 25.0. The second kappa shape index (κ2) is 11.6. The summed E-state index contributed by atoms with van der Waals surface area (Å²) < 4.78 is 6.45. The molecule has 1 N–H and O–H groups in total. The third-order valence-corrected chi connectivity index (χ3v) is 7.45. The summed E-state index contributed by atoms with van der Waals surface area (Å²) in [5.41, 5.74) is 3.29. The minimum Gasteiger partial charge on any atom is -0.411 e. The smallest absolute Gasteiger partial charge is 0.277 e. The van der Waals surface area contributed by atoms with E-state index in [0.717, 1.165) is 28.8 Å². The number of hydrogen-bond acceptors (Lipinski definition) is 7. The molecule has 8 nitrogen and oxygen atoms in total. The molecule has 1 saturated heterocycles. The summed E-state index contributed by atoms with van der Waals surface area (Å²) in [6.45, 7) is 2.79. The van der Waals surface area contributed by atoms with Crippen molar-refractivity contribution >= 4 is 50.9 Å². The van der Waals surface area contributed by atoms with E-state index < -0.39 is 0 Å². The number of nitrogens with zero attached hydrogens (tertiary/aromatic N) is 4. The van der Waals surface area contributed by atoms with Crippen LogP contribution >= 0.6 is 27.7 Å². The van der Waals surface area contributed by atoms with Crippen LogP contribution in [0.25, 0.3) is 11.5 Å². The summed E-state index contributed by atoms with van der Waals surface area (Å²) >= 11 is 4.66. The number of amides is 2. The highest BCUT2D eigenvalue weighted by molar-refractivity contribution is 9.10. The van der Waals surface area contributed by atoms with E-state index in [1.807, 2.05) is 83.8 Å². The Bertz CT molecular complexity index is 1370. The van der Waals surface area contributed by atoms with Crippen molar-refractivity contribution in [3.63, 3.8) is 0 Å². The highest BCUT2D eigenvalue weighted by Crippen LogP contribution is 2.24. The average molecular weight is 578 g/mol. The number of hydrogen-bond donors (Lipinski definition) is 1. The van der Waals surface area contributed by atoms with Crippen molar-refractivity contribution in [2.75, 3.05) is 42.1 Å². The van der Waals surface area contributed by atoms with Gasteiger partial charge in [-0.2, -0.15) is 0 Å². The fraction of sp³-hybridized carbons (Fsp3) is 0.185. The SMILES string of the molecule is O=C(CSc1nnc(-c2ccccc2)o1)Nc1ccc(N2CCN(C(=O)c3ccccc3Br)CC2)cc1. The molecule has 3 aromatic carbocycles. The topological polar surface area (TPSA) is 91.6 Å². The van der Waals surface area contributed by atoms with Gasteiger partial charge in [-0.3, -0.25) is 9.59 Å². The molecule has 10 heteroatoms. The van der Waals surface area contributed by atoms with Gasteiger partial charge in [0.2, 0.25) is 11.8 Å². The molecule has 0 saturated carbocycles. The Morgan fingerprint density at radius 1 is 0.892 bits per heavy atom. The van der Waals surface area contributed by atoms with E-state index in [9.17, 15) is 9.59 Å². The van der Waals surface area contributed by atoms with E-state index in [2.05, 4.69) is 36.3 Å². The van der Waals surface area contributed by atoms with E-state index in [-0.39, 0.29) is 17.6 Å². The van der Waals surface area contributed by atoms with Gasteiger partial charge >= 0.3 is 0 Å². The van der Waals surface area contributed by atoms with Crippen LogP contribution in [-0.4, -0.2) is 58.8 Å². The second-order valence-electron chi connectivity index (χ2n) is 8.38. The van der Waals surface area contributed by atoms with Crippen LogP contribution in [0.15, 0.2) is 93.0 Å². The predicted octanol–water partition coefficient (Wildman–Crippen LogP) is 5.19. The number of nitrogens with one attached hydrogen (secondary N) is 1. The van der Waals surface area contributed by atoms with E-state index in [1.165, 1.54) is 11.8 Å².